The average molecular weight is 580 g/mol. The molecule has 5 rings (SSSR count). The van der Waals surface area contributed by atoms with E-state index in [-0.39, 0.29) is 52.0 Å². The summed E-state index contributed by atoms with van der Waals surface area (Å²) in [6, 6.07) is 8.25. The maximum atomic E-state index is 10.3. The molecule has 1 saturated carbocycles. The van der Waals surface area contributed by atoms with Crippen LogP contribution >= 0.6 is 34.0 Å². The second kappa shape index (κ2) is 10.8. The number of aliphatic imine (C=N–C) groups is 1. The molecule has 3 heterocycles. The summed E-state index contributed by atoms with van der Waals surface area (Å²) in [5.74, 6) is 2.40. The first-order chi connectivity index (χ1) is 15.2. The van der Waals surface area contributed by atoms with Crippen LogP contribution < -0.4 is 9.47 Å². The Morgan fingerprint density at radius 2 is 2.00 bits per heavy atom. The molecule has 0 unspecified atom stereocenters. The molecule has 2 aliphatic rings. The van der Waals surface area contributed by atoms with Crippen LogP contribution in [0.3, 0.4) is 0 Å². The van der Waals surface area contributed by atoms with E-state index in [2.05, 4.69) is 16.0 Å². The Morgan fingerprint density at radius 3 is 2.67 bits per heavy atom. The average Bonchev–Trinajstić information content (AvgIpc) is 3.34. The summed E-state index contributed by atoms with van der Waals surface area (Å²) < 4.78 is 13.3. The fourth-order valence-electron chi connectivity index (χ4n) is 4.68. The lowest BCUT2D eigenvalue weighted by Gasteiger charge is -2.37. The largest absolute Gasteiger partial charge is 0.493 e. The Bertz CT molecular complexity index is 1100. The third kappa shape index (κ3) is 4.85. The number of methoxy groups -OCH3 is 1. The van der Waals surface area contributed by atoms with Crippen molar-refractivity contribution in [3.63, 3.8) is 0 Å². The summed E-state index contributed by atoms with van der Waals surface area (Å²) >= 11 is 0. The minimum atomic E-state index is -0.292. The van der Waals surface area contributed by atoms with Gasteiger partial charge in [-0.05, 0) is 56.0 Å². The monoisotopic (exact) mass is 578 g/mol. The molecular weight excluding hydrogens is 552 g/mol. The maximum Gasteiger partial charge on any atom is 0.161 e. The van der Waals surface area contributed by atoms with Crippen molar-refractivity contribution in [3.8, 4) is 17.3 Å². The zero-order valence-electron chi connectivity index (χ0n) is 18.5. The molecule has 3 atom stereocenters. The van der Waals surface area contributed by atoms with E-state index in [1.165, 1.54) is 0 Å². The molecule has 0 bridgehead atoms. The Hall–Kier alpha value is -2.23. The molecule has 0 spiro atoms. The zero-order valence-corrected chi connectivity index (χ0v) is 22.0. The summed E-state index contributed by atoms with van der Waals surface area (Å²) in [6.07, 6.45) is 9.26. The first-order valence-corrected chi connectivity index (χ1v) is 10.7. The van der Waals surface area contributed by atoms with Gasteiger partial charge in [-0.1, -0.05) is 0 Å². The molecule has 0 saturated heterocycles. The van der Waals surface area contributed by atoms with E-state index in [0.29, 0.717) is 18.8 Å². The number of benzene rings is 1. The number of nitrogens with zero attached hydrogens (tertiary/aromatic N) is 4. The number of fused-ring (bicyclic) bond motifs is 3. The number of rotatable bonds is 5. The van der Waals surface area contributed by atoms with E-state index in [1.807, 2.05) is 42.1 Å². The quantitative estimate of drug-likeness (QED) is 0.475. The molecule has 9 heteroatoms. The predicted octanol–water partition coefficient (Wildman–Crippen LogP) is 4.68. The van der Waals surface area contributed by atoms with Gasteiger partial charge in [0, 0.05) is 35.6 Å². The predicted molar refractivity (Wildman–Crippen MR) is 138 cm³/mol. The number of aliphatic hydroxyl groups is 1. The highest BCUT2D eigenvalue weighted by Gasteiger charge is 2.37. The molecule has 176 valence electrons. The molecule has 0 radical (unpaired) electrons. The normalized spacial score (nSPS) is 20.9. The number of aliphatic hydroxyl groups excluding tert-OH is 1. The van der Waals surface area contributed by atoms with Crippen LogP contribution in [0, 0.1) is 0 Å². The van der Waals surface area contributed by atoms with Crippen molar-refractivity contribution in [1.82, 2.24) is 14.5 Å². The highest BCUT2D eigenvalue weighted by atomic mass is 79.9. The van der Waals surface area contributed by atoms with Crippen LogP contribution in [0.5, 0.6) is 11.5 Å². The van der Waals surface area contributed by atoms with Crippen LogP contribution in [0.25, 0.3) is 5.82 Å². The fourth-order valence-corrected chi connectivity index (χ4v) is 4.68. The molecule has 1 aromatic carbocycles. The highest BCUT2D eigenvalue weighted by molar-refractivity contribution is 8.93. The number of hydrogen-bond acceptors (Lipinski definition) is 6. The Morgan fingerprint density at radius 1 is 1.15 bits per heavy atom. The lowest BCUT2D eigenvalue weighted by Crippen LogP contribution is -2.34. The van der Waals surface area contributed by atoms with Crippen molar-refractivity contribution >= 4 is 39.7 Å². The second-order valence-electron chi connectivity index (χ2n) is 8.02. The van der Waals surface area contributed by atoms with Crippen molar-refractivity contribution in [1.29, 1.82) is 0 Å². The van der Waals surface area contributed by atoms with Crippen LogP contribution in [0.4, 0.5) is 0 Å². The number of imidazole rings is 1. The molecule has 1 aliphatic carbocycles. The summed E-state index contributed by atoms with van der Waals surface area (Å²) in [6.45, 7) is 2.53. The summed E-state index contributed by atoms with van der Waals surface area (Å²) in [7, 11) is 1.65. The molecule has 0 amide bonds. The van der Waals surface area contributed by atoms with Gasteiger partial charge in [0.25, 0.3) is 0 Å². The summed E-state index contributed by atoms with van der Waals surface area (Å²) in [5, 5.41) is 10.3. The van der Waals surface area contributed by atoms with E-state index in [4.69, 9.17) is 14.5 Å². The molecule has 2 aromatic heterocycles. The lowest BCUT2D eigenvalue weighted by atomic mass is 9.74. The molecular formula is C24H28Br2N4O3. The SMILES string of the molecule is Br.Br.CCOc1cc2c(cc1OC)C(c1ccc(-n3ccnc3)nc1)=N[C@@H]1CC[C@@H](O)C[C@H]21. The second-order valence-corrected chi connectivity index (χ2v) is 8.02. The molecule has 1 fully saturated rings. The zero-order chi connectivity index (χ0) is 21.4. The van der Waals surface area contributed by atoms with Gasteiger partial charge in [0.1, 0.15) is 12.1 Å². The Balaban J connectivity index is 0.00000153. The van der Waals surface area contributed by atoms with Gasteiger partial charge in [0.15, 0.2) is 11.5 Å². The van der Waals surface area contributed by atoms with Crippen molar-refractivity contribution in [3.05, 3.63) is 65.9 Å². The smallest absolute Gasteiger partial charge is 0.161 e. The van der Waals surface area contributed by atoms with Gasteiger partial charge in [-0.2, -0.15) is 0 Å². The van der Waals surface area contributed by atoms with Crippen molar-refractivity contribution in [2.75, 3.05) is 13.7 Å². The van der Waals surface area contributed by atoms with Gasteiger partial charge in [0.05, 0.1) is 31.6 Å². The van der Waals surface area contributed by atoms with Gasteiger partial charge in [-0.25, -0.2) is 9.97 Å². The molecule has 3 aromatic rings. The van der Waals surface area contributed by atoms with Gasteiger partial charge >= 0.3 is 0 Å². The van der Waals surface area contributed by atoms with Crippen molar-refractivity contribution in [2.24, 2.45) is 4.99 Å². The van der Waals surface area contributed by atoms with Gasteiger partial charge in [-0.15, -0.1) is 34.0 Å². The van der Waals surface area contributed by atoms with E-state index < -0.39 is 0 Å². The minimum Gasteiger partial charge on any atom is -0.493 e. The summed E-state index contributed by atoms with van der Waals surface area (Å²) in [5.41, 5.74) is 4.06. The maximum absolute atomic E-state index is 10.3. The molecule has 33 heavy (non-hydrogen) atoms. The fraction of sp³-hybridized carbons (Fsp3) is 0.375. The summed E-state index contributed by atoms with van der Waals surface area (Å²) in [4.78, 5) is 13.9. The number of hydrogen-bond donors (Lipinski definition) is 1. The van der Waals surface area contributed by atoms with Gasteiger partial charge < -0.3 is 14.6 Å². The van der Waals surface area contributed by atoms with Crippen molar-refractivity contribution in [2.45, 2.75) is 44.2 Å². The lowest BCUT2D eigenvalue weighted by molar-refractivity contribution is 0.111. The number of ether oxygens (including phenoxy) is 2. The van der Waals surface area contributed by atoms with Crippen LogP contribution in [0.15, 0.2) is 54.2 Å². The van der Waals surface area contributed by atoms with Crippen LogP contribution in [-0.4, -0.2) is 51.2 Å². The first-order valence-electron chi connectivity index (χ1n) is 10.7. The van der Waals surface area contributed by atoms with Crippen LogP contribution in [0.2, 0.25) is 0 Å². The van der Waals surface area contributed by atoms with E-state index in [1.54, 1.807) is 19.6 Å². The number of pyridine rings is 1. The van der Waals surface area contributed by atoms with E-state index >= 15 is 0 Å². The van der Waals surface area contributed by atoms with E-state index in [0.717, 1.165) is 46.8 Å². The van der Waals surface area contributed by atoms with Crippen molar-refractivity contribution < 1.29 is 14.6 Å². The van der Waals surface area contributed by atoms with Gasteiger partial charge in [0.2, 0.25) is 0 Å². The van der Waals surface area contributed by atoms with Crippen LogP contribution in [0.1, 0.15) is 48.8 Å². The highest BCUT2D eigenvalue weighted by Crippen LogP contribution is 2.44. The Kier molecular flexibility index (Phi) is 8.31. The van der Waals surface area contributed by atoms with Gasteiger partial charge in [-0.3, -0.25) is 9.56 Å². The molecule has 7 nitrogen and oxygen atoms in total. The number of halogens is 2. The standard InChI is InChI=1S/C24H26N4O3.2BrH/c1-3-31-22-11-17-18-10-16(29)5-6-20(18)27-24(19(17)12-21(22)30-2)15-4-7-23(26-13-15)28-9-8-25-14-28;;/h4,7-9,11-14,16,18,20,29H,3,5-6,10H2,1-2H3;2*1H/t16-,18-,20-;;/m1../s1. The molecule has 1 aliphatic heterocycles. The third-order valence-electron chi connectivity index (χ3n) is 6.16. The molecule has 1 N–H and O–H groups in total. The van der Waals surface area contributed by atoms with Crippen LogP contribution in [-0.2, 0) is 0 Å². The Labute approximate surface area is 214 Å². The third-order valence-corrected chi connectivity index (χ3v) is 6.16. The topological polar surface area (TPSA) is 81.8 Å². The number of aromatic nitrogens is 3. The van der Waals surface area contributed by atoms with E-state index in [9.17, 15) is 5.11 Å². The minimum absolute atomic E-state index is 0. The first kappa shape index (κ1) is 25.4.